The zero-order valence-electron chi connectivity index (χ0n) is 17.1. The second kappa shape index (κ2) is 11.2. The number of rotatable bonds is 7. The molecule has 2 atom stereocenters. The third kappa shape index (κ3) is 6.09. The Bertz CT molecular complexity index is 823. The molecule has 158 valence electrons. The molecule has 0 unspecified atom stereocenters. The highest BCUT2D eigenvalue weighted by Crippen LogP contribution is 2.32. The average Bonchev–Trinajstić information content (AvgIpc) is 2.79. The first-order valence-corrected chi connectivity index (χ1v) is 10.5. The smallest absolute Gasteiger partial charge is 0.115 e. The van der Waals surface area contributed by atoms with Gasteiger partial charge in [0.15, 0.2) is 0 Å². The van der Waals surface area contributed by atoms with Crippen molar-refractivity contribution in [3.05, 3.63) is 102 Å². The fourth-order valence-corrected chi connectivity index (χ4v) is 4.13. The summed E-state index contributed by atoms with van der Waals surface area (Å²) < 4.78 is 6.27. The van der Waals surface area contributed by atoms with E-state index in [0.717, 1.165) is 32.4 Å². The van der Waals surface area contributed by atoms with Crippen molar-refractivity contribution in [1.29, 1.82) is 0 Å². The van der Waals surface area contributed by atoms with Crippen LogP contribution in [0.3, 0.4) is 0 Å². The van der Waals surface area contributed by atoms with Crippen LogP contribution in [0.2, 0.25) is 0 Å². The summed E-state index contributed by atoms with van der Waals surface area (Å²) in [7, 11) is 0. The minimum atomic E-state index is 0. The molecule has 30 heavy (non-hydrogen) atoms. The Morgan fingerprint density at radius 3 is 1.97 bits per heavy atom. The lowest BCUT2D eigenvalue weighted by Crippen LogP contribution is -2.39. The van der Waals surface area contributed by atoms with Crippen molar-refractivity contribution in [2.45, 2.75) is 43.9 Å². The van der Waals surface area contributed by atoms with E-state index in [1.165, 1.54) is 16.7 Å². The summed E-state index contributed by atoms with van der Waals surface area (Å²) in [6.07, 6.45) is 3.49. The van der Waals surface area contributed by atoms with Crippen LogP contribution in [-0.4, -0.2) is 23.9 Å². The standard InChI is InChI=1S/C26H29NO2.ClH/c28-24-14-11-20(12-15-24)18-27-23-13-16-25(29-19-23)17-26(21-7-3-1-4-8-21)22-9-5-2-6-10-22;/h1-12,14-15,23,25-28H,13,16-19H2;1H/t23-,25-;/m0./s1. The van der Waals surface area contributed by atoms with E-state index in [0.29, 0.717) is 17.7 Å². The molecular formula is C26H30ClNO2. The molecule has 1 heterocycles. The molecule has 1 saturated heterocycles. The van der Waals surface area contributed by atoms with Crippen molar-refractivity contribution in [2.75, 3.05) is 6.61 Å². The van der Waals surface area contributed by atoms with E-state index >= 15 is 0 Å². The Morgan fingerprint density at radius 1 is 0.833 bits per heavy atom. The minimum absolute atomic E-state index is 0. The summed E-state index contributed by atoms with van der Waals surface area (Å²) in [6, 6.07) is 29.3. The predicted molar refractivity (Wildman–Crippen MR) is 124 cm³/mol. The maximum Gasteiger partial charge on any atom is 0.115 e. The molecular weight excluding hydrogens is 394 g/mol. The van der Waals surface area contributed by atoms with Crippen LogP contribution in [-0.2, 0) is 11.3 Å². The topological polar surface area (TPSA) is 41.5 Å². The van der Waals surface area contributed by atoms with Gasteiger partial charge in [0.05, 0.1) is 12.7 Å². The largest absolute Gasteiger partial charge is 0.508 e. The fourth-order valence-electron chi connectivity index (χ4n) is 4.13. The summed E-state index contributed by atoms with van der Waals surface area (Å²) in [5, 5.41) is 13.0. The number of ether oxygens (including phenoxy) is 1. The number of phenolic OH excluding ortho intramolecular Hbond substituents is 1. The van der Waals surface area contributed by atoms with Crippen molar-refractivity contribution in [3.8, 4) is 5.75 Å². The molecule has 0 aromatic heterocycles. The monoisotopic (exact) mass is 423 g/mol. The molecule has 3 aromatic carbocycles. The zero-order valence-corrected chi connectivity index (χ0v) is 17.9. The molecule has 0 aliphatic carbocycles. The highest BCUT2D eigenvalue weighted by atomic mass is 35.5. The lowest BCUT2D eigenvalue weighted by molar-refractivity contribution is -0.00924. The van der Waals surface area contributed by atoms with Gasteiger partial charge >= 0.3 is 0 Å². The molecule has 0 spiro atoms. The predicted octanol–water partition coefficient (Wildman–Crippen LogP) is 5.67. The summed E-state index contributed by atoms with van der Waals surface area (Å²) in [4.78, 5) is 0. The molecule has 0 saturated carbocycles. The van der Waals surface area contributed by atoms with Gasteiger partial charge in [-0.3, -0.25) is 0 Å². The molecule has 4 rings (SSSR count). The van der Waals surface area contributed by atoms with Crippen molar-refractivity contribution in [2.24, 2.45) is 0 Å². The number of benzene rings is 3. The Hall–Kier alpha value is -2.33. The van der Waals surface area contributed by atoms with E-state index < -0.39 is 0 Å². The van der Waals surface area contributed by atoms with Crippen LogP contribution < -0.4 is 5.32 Å². The average molecular weight is 424 g/mol. The van der Waals surface area contributed by atoms with Gasteiger partial charge in [-0.25, -0.2) is 0 Å². The van der Waals surface area contributed by atoms with E-state index in [-0.39, 0.29) is 18.5 Å². The van der Waals surface area contributed by atoms with Gasteiger partial charge < -0.3 is 15.2 Å². The number of hydrogen-bond donors (Lipinski definition) is 2. The summed E-state index contributed by atoms with van der Waals surface area (Å²) >= 11 is 0. The Labute approximate surface area is 185 Å². The van der Waals surface area contributed by atoms with Gasteiger partial charge in [0.2, 0.25) is 0 Å². The Kier molecular flexibility index (Phi) is 8.32. The second-order valence-corrected chi connectivity index (χ2v) is 7.89. The summed E-state index contributed by atoms with van der Waals surface area (Å²) in [5.41, 5.74) is 3.89. The van der Waals surface area contributed by atoms with E-state index in [1.807, 2.05) is 12.1 Å². The lowest BCUT2D eigenvalue weighted by Gasteiger charge is -2.32. The lowest BCUT2D eigenvalue weighted by atomic mass is 9.85. The third-order valence-electron chi connectivity index (χ3n) is 5.80. The molecule has 0 bridgehead atoms. The molecule has 2 N–H and O–H groups in total. The molecule has 3 aromatic rings. The maximum absolute atomic E-state index is 9.40. The SMILES string of the molecule is Cl.Oc1ccc(CN[C@H]2CC[C@@H](CC(c3ccccc3)c3ccccc3)OC2)cc1. The molecule has 0 amide bonds. The molecule has 1 aliphatic heterocycles. The molecule has 1 aliphatic rings. The molecule has 3 nitrogen and oxygen atoms in total. The van der Waals surface area contributed by atoms with E-state index in [2.05, 4.69) is 66.0 Å². The van der Waals surface area contributed by atoms with Gasteiger partial charge in [-0.1, -0.05) is 72.8 Å². The number of nitrogens with one attached hydrogen (secondary N) is 1. The van der Waals surface area contributed by atoms with Crippen LogP contribution >= 0.6 is 12.4 Å². The minimum Gasteiger partial charge on any atom is -0.508 e. The first kappa shape index (κ1) is 22.4. The maximum atomic E-state index is 9.40. The second-order valence-electron chi connectivity index (χ2n) is 7.89. The van der Waals surface area contributed by atoms with Crippen LogP contribution in [0.25, 0.3) is 0 Å². The van der Waals surface area contributed by atoms with Gasteiger partial charge in [-0.2, -0.15) is 0 Å². The van der Waals surface area contributed by atoms with Gasteiger partial charge in [-0.15, -0.1) is 12.4 Å². The molecule has 0 radical (unpaired) electrons. The Morgan fingerprint density at radius 2 is 1.43 bits per heavy atom. The first-order valence-electron chi connectivity index (χ1n) is 10.5. The summed E-state index contributed by atoms with van der Waals surface area (Å²) in [6.45, 7) is 1.55. The number of phenols is 1. The summed E-state index contributed by atoms with van der Waals surface area (Å²) in [5.74, 6) is 0.674. The highest BCUT2D eigenvalue weighted by molar-refractivity contribution is 5.85. The zero-order chi connectivity index (χ0) is 19.9. The quantitative estimate of drug-likeness (QED) is 0.514. The molecule has 4 heteroatoms. The normalized spacial score (nSPS) is 18.7. The van der Waals surface area contributed by atoms with Crippen LogP contribution in [0.15, 0.2) is 84.9 Å². The van der Waals surface area contributed by atoms with E-state index in [1.54, 1.807) is 12.1 Å². The van der Waals surface area contributed by atoms with Crippen molar-refractivity contribution < 1.29 is 9.84 Å². The van der Waals surface area contributed by atoms with E-state index in [4.69, 9.17) is 4.74 Å². The van der Waals surface area contributed by atoms with Crippen LogP contribution in [0.4, 0.5) is 0 Å². The number of hydrogen-bond acceptors (Lipinski definition) is 3. The van der Waals surface area contributed by atoms with E-state index in [9.17, 15) is 5.11 Å². The van der Waals surface area contributed by atoms with Crippen molar-refractivity contribution in [3.63, 3.8) is 0 Å². The fraction of sp³-hybridized carbons (Fsp3) is 0.308. The van der Waals surface area contributed by atoms with Gasteiger partial charge in [0, 0.05) is 18.5 Å². The number of aromatic hydroxyl groups is 1. The number of halogens is 1. The molecule has 1 fully saturated rings. The van der Waals surface area contributed by atoms with Crippen molar-refractivity contribution in [1.82, 2.24) is 5.32 Å². The van der Waals surface area contributed by atoms with Gasteiger partial charge in [0.25, 0.3) is 0 Å². The van der Waals surface area contributed by atoms with Crippen LogP contribution in [0.5, 0.6) is 5.75 Å². The highest BCUT2D eigenvalue weighted by Gasteiger charge is 2.25. The van der Waals surface area contributed by atoms with Crippen molar-refractivity contribution >= 4 is 12.4 Å². The van der Waals surface area contributed by atoms with Gasteiger partial charge in [0.1, 0.15) is 5.75 Å². The van der Waals surface area contributed by atoms with Crippen LogP contribution in [0.1, 0.15) is 41.9 Å². The first-order chi connectivity index (χ1) is 14.3. The Balaban J connectivity index is 0.00000256. The third-order valence-corrected chi connectivity index (χ3v) is 5.80. The van der Waals surface area contributed by atoms with Crippen LogP contribution in [0, 0.1) is 0 Å². The van der Waals surface area contributed by atoms with Gasteiger partial charge in [-0.05, 0) is 48.1 Å².